The molecule has 1 nitrogen and oxygen atoms in total. The lowest BCUT2D eigenvalue weighted by Gasteiger charge is -2.12. The first-order valence-electron chi connectivity index (χ1n) is 6.39. The topological polar surface area (TPSA) is 12.0 Å². The summed E-state index contributed by atoms with van der Waals surface area (Å²) in [6, 6.07) is 0. The molecule has 0 aliphatic heterocycles. The number of allylic oxidation sites excluding steroid dienone is 6. The summed E-state index contributed by atoms with van der Waals surface area (Å²) >= 11 is 0. The van der Waals surface area contributed by atoms with Gasteiger partial charge in [-0.05, 0) is 44.3 Å². The van der Waals surface area contributed by atoms with Crippen LogP contribution in [0.1, 0.15) is 40.5 Å². The van der Waals surface area contributed by atoms with Gasteiger partial charge in [0.15, 0.2) is 0 Å². The Kier molecular flexibility index (Phi) is 3.03. The zero-order valence-corrected chi connectivity index (χ0v) is 11.4. The van der Waals surface area contributed by atoms with E-state index in [0.717, 1.165) is 6.42 Å². The third-order valence-electron chi connectivity index (χ3n) is 3.75. The van der Waals surface area contributed by atoms with Crippen molar-refractivity contribution in [3.8, 4) is 0 Å². The zero-order chi connectivity index (χ0) is 12.6. The SMILES string of the molecule is C=C(NC1=CC=C(C)CC(C)=C1)C1CC1(C)C. The van der Waals surface area contributed by atoms with Crippen molar-refractivity contribution in [2.75, 3.05) is 0 Å². The number of hydrogen-bond donors (Lipinski definition) is 1. The van der Waals surface area contributed by atoms with Crippen LogP contribution in [0, 0.1) is 11.3 Å². The van der Waals surface area contributed by atoms with Crippen molar-refractivity contribution >= 4 is 0 Å². The second-order valence-corrected chi connectivity index (χ2v) is 6.20. The molecule has 0 amide bonds. The summed E-state index contributed by atoms with van der Waals surface area (Å²) in [5.74, 6) is 0.630. The molecule has 1 N–H and O–H groups in total. The molecule has 1 fully saturated rings. The Balaban J connectivity index is 2.04. The molecule has 0 saturated heterocycles. The molecular formula is C16H23N. The average molecular weight is 229 g/mol. The standard InChI is InChI=1S/C16H23N/c1-11-6-7-14(9-12(2)8-11)17-13(3)15-10-16(15,4)5/h6-7,9,15,17H,3,8,10H2,1-2,4-5H3. The molecule has 1 heteroatoms. The molecular weight excluding hydrogens is 206 g/mol. The highest BCUT2D eigenvalue weighted by Gasteiger charge is 2.47. The molecule has 1 saturated carbocycles. The summed E-state index contributed by atoms with van der Waals surface area (Å²) < 4.78 is 0. The highest BCUT2D eigenvalue weighted by atomic mass is 14.9. The quantitative estimate of drug-likeness (QED) is 0.760. The first-order valence-corrected chi connectivity index (χ1v) is 6.39. The van der Waals surface area contributed by atoms with E-state index >= 15 is 0 Å². The maximum atomic E-state index is 4.18. The second kappa shape index (κ2) is 4.21. The van der Waals surface area contributed by atoms with E-state index in [1.807, 2.05) is 0 Å². The first-order chi connectivity index (χ1) is 7.88. The van der Waals surface area contributed by atoms with E-state index in [0.29, 0.717) is 11.3 Å². The van der Waals surface area contributed by atoms with Gasteiger partial charge >= 0.3 is 0 Å². The Bertz CT molecular complexity index is 432. The van der Waals surface area contributed by atoms with Gasteiger partial charge in [0.2, 0.25) is 0 Å². The Morgan fingerprint density at radius 1 is 1.29 bits per heavy atom. The lowest BCUT2D eigenvalue weighted by Crippen LogP contribution is -2.13. The van der Waals surface area contributed by atoms with E-state index in [-0.39, 0.29) is 0 Å². The van der Waals surface area contributed by atoms with Crippen LogP contribution in [0.5, 0.6) is 0 Å². The molecule has 92 valence electrons. The van der Waals surface area contributed by atoms with Crippen LogP contribution < -0.4 is 5.32 Å². The third-order valence-corrected chi connectivity index (χ3v) is 3.75. The van der Waals surface area contributed by atoms with Crippen LogP contribution in [0.2, 0.25) is 0 Å². The first kappa shape index (κ1) is 12.2. The molecule has 2 aliphatic carbocycles. The van der Waals surface area contributed by atoms with Gasteiger partial charge in [0, 0.05) is 17.3 Å². The lowest BCUT2D eigenvalue weighted by molar-refractivity contribution is 0.585. The highest BCUT2D eigenvalue weighted by molar-refractivity contribution is 5.35. The predicted octanol–water partition coefficient (Wildman–Crippen LogP) is 4.32. The van der Waals surface area contributed by atoms with E-state index in [9.17, 15) is 0 Å². The fraction of sp³-hybridized carbons (Fsp3) is 0.500. The summed E-state index contributed by atoms with van der Waals surface area (Å²) in [4.78, 5) is 0. The van der Waals surface area contributed by atoms with Gasteiger partial charge in [-0.25, -0.2) is 0 Å². The summed E-state index contributed by atoms with van der Waals surface area (Å²) in [5, 5.41) is 3.47. The van der Waals surface area contributed by atoms with Crippen molar-refractivity contribution in [2.24, 2.45) is 11.3 Å². The molecule has 1 unspecified atom stereocenters. The van der Waals surface area contributed by atoms with Gasteiger partial charge in [-0.1, -0.05) is 37.6 Å². The zero-order valence-electron chi connectivity index (χ0n) is 11.4. The maximum Gasteiger partial charge on any atom is 0.0381 e. The van der Waals surface area contributed by atoms with Gasteiger partial charge < -0.3 is 5.32 Å². The van der Waals surface area contributed by atoms with Crippen molar-refractivity contribution in [2.45, 2.75) is 40.5 Å². The predicted molar refractivity (Wildman–Crippen MR) is 74.4 cm³/mol. The van der Waals surface area contributed by atoms with E-state index < -0.39 is 0 Å². The Hall–Kier alpha value is -1.24. The van der Waals surface area contributed by atoms with Crippen molar-refractivity contribution in [3.05, 3.63) is 47.3 Å². The largest absolute Gasteiger partial charge is 0.359 e. The maximum absolute atomic E-state index is 4.18. The van der Waals surface area contributed by atoms with Crippen LogP contribution in [0.4, 0.5) is 0 Å². The van der Waals surface area contributed by atoms with Gasteiger partial charge in [0.25, 0.3) is 0 Å². The van der Waals surface area contributed by atoms with Crippen LogP contribution in [-0.4, -0.2) is 0 Å². The lowest BCUT2D eigenvalue weighted by atomic mass is 10.1. The highest BCUT2D eigenvalue weighted by Crippen LogP contribution is 2.54. The van der Waals surface area contributed by atoms with Gasteiger partial charge in [-0.3, -0.25) is 0 Å². The Morgan fingerprint density at radius 3 is 2.53 bits per heavy atom. The van der Waals surface area contributed by atoms with E-state index in [1.54, 1.807) is 0 Å². The molecule has 2 rings (SSSR count). The molecule has 1 atom stereocenters. The van der Waals surface area contributed by atoms with Gasteiger partial charge in [0.05, 0.1) is 0 Å². The van der Waals surface area contributed by atoms with Gasteiger partial charge in [0.1, 0.15) is 0 Å². The summed E-state index contributed by atoms with van der Waals surface area (Å²) in [6.45, 7) is 13.1. The molecule has 0 aromatic heterocycles. The Labute approximate surface area is 105 Å². The molecule has 0 spiro atoms. The average Bonchev–Trinajstić information content (AvgIpc) is 2.86. The summed E-state index contributed by atoms with van der Waals surface area (Å²) in [7, 11) is 0. The van der Waals surface area contributed by atoms with Gasteiger partial charge in [-0.2, -0.15) is 0 Å². The van der Waals surface area contributed by atoms with Crippen LogP contribution in [0.25, 0.3) is 0 Å². The van der Waals surface area contributed by atoms with E-state index in [1.165, 1.54) is 29.0 Å². The van der Waals surface area contributed by atoms with Crippen LogP contribution in [0.15, 0.2) is 47.3 Å². The minimum absolute atomic E-state index is 0.444. The van der Waals surface area contributed by atoms with Crippen molar-refractivity contribution in [3.63, 3.8) is 0 Å². The fourth-order valence-corrected chi connectivity index (χ4v) is 2.51. The number of rotatable bonds is 3. The normalized spacial score (nSPS) is 26.4. The molecule has 0 aromatic carbocycles. The molecule has 0 heterocycles. The molecule has 17 heavy (non-hydrogen) atoms. The summed E-state index contributed by atoms with van der Waals surface area (Å²) in [5.41, 5.74) is 5.59. The van der Waals surface area contributed by atoms with Crippen molar-refractivity contribution in [1.82, 2.24) is 5.32 Å². The molecule has 0 radical (unpaired) electrons. The number of nitrogens with one attached hydrogen (secondary N) is 1. The fourth-order valence-electron chi connectivity index (χ4n) is 2.51. The van der Waals surface area contributed by atoms with Crippen LogP contribution in [0.3, 0.4) is 0 Å². The van der Waals surface area contributed by atoms with Crippen LogP contribution in [-0.2, 0) is 0 Å². The Morgan fingerprint density at radius 2 is 1.94 bits per heavy atom. The van der Waals surface area contributed by atoms with E-state index in [4.69, 9.17) is 0 Å². The molecule has 0 bridgehead atoms. The van der Waals surface area contributed by atoms with Gasteiger partial charge in [-0.15, -0.1) is 0 Å². The molecule has 2 aliphatic rings. The summed E-state index contributed by atoms with van der Waals surface area (Å²) in [6.07, 6.45) is 8.91. The smallest absolute Gasteiger partial charge is 0.0381 e. The van der Waals surface area contributed by atoms with Crippen molar-refractivity contribution in [1.29, 1.82) is 0 Å². The minimum Gasteiger partial charge on any atom is -0.359 e. The number of hydrogen-bond acceptors (Lipinski definition) is 1. The van der Waals surface area contributed by atoms with Crippen LogP contribution >= 0.6 is 0 Å². The molecule has 0 aromatic rings. The third kappa shape index (κ3) is 2.91. The van der Waals surface area contributed by atoms with E-state index in [2.05, 4.69) is 57.8 Å². The minimum atomic E-state index is 0.444. The second-order valence-electron chi connectivity index (χ2n) is 6.20. The monoisotopic (exact) mass is 229 g/mol. The van der Waals surface area contributed by atoms with Crippen molar-refractivity contribution < 1.29 is 0 Å².